The fourth-order valence-corrected chi connectivity index (χ4v) is 2.57. The van der Waals surface area contributed by atoms with Gasteiger partial charge >= 0.3 is 12.6 Å². The number of hydrogen-bond donors (Lipinski definition) is 1. The van der Waals surface area contributed by atoms with Gasteiger partial charge in [0.25, 0.3) is 0 Å². The van der Waals surface area contributed by atoms with Crippen LogP contribution in [0.5, 0.6) is 11.5 Å². The first-order chi connectivity index (χ1) is 13.0. The van der Waals surface area contributed by atoms with Gasteiger partial charge in [-0.1, -0.05) is 0 Å². The number of benzene rings is 1. The number of esters is 1. The second-order valence-electron chi connectivity index (χ2n) is 6.14. The van der Waals surface area contributed by atoms with Crippen molar-refractivity contribution in [3.8, 4) is 22.8 Å². The van der Waals surface area contributed by atoms with Gasteiger partial charge in [0, 0.05) is 11.3 Å². The van der Waals surface area contributed by atoms with Gasteiger partial charge in [-0.3, -0.25) is 4.79 Å². The Balaban J connectivity index is 1.92. The lowest BCUT2D eigenvalue weighted by atomic mass is 10.1. The number of carbonyl (C=O) groups excluding carboxylic acids is 2. The summed E-state index contributed by atoms with van der Waals surface area (Å²) < 4.78 is 40.3. The summed E-state index contributed by atoms with van der Waals surface area (Å²) in [5, 5.41) is 0. The Bertz CT molecular complexity index is 830. The van der Waals surface area contributed by atoms with Gasteiger partial charge in [0.2, 0.25) is 0 Å². The molecule has 0 unspecified atom stereocenters. The molecule has 0 radical (unpaired) electrons. The van der Waals surface area contributed by atoms with E-state index in [2.05, 4.69) is 9.72 Å². The van der Waals surface area contributed by atoms with Crippen molar-refractivity contribution in [2.45, 2.75) is 26.4 Å². The van der Waals surface area contributed by atoms with E-state index in [1.54, 1.807) is 6.92 Å². The van der Waals surface area contributed by atoms with E-state index in [1.807, 2.05) is 0 Å². The number of ether oxygens (including phenoxy) is 3. The molecule has 3 rings (SSSR count). The smallest absolute Gasteiger partial charge is 0.387 e. The molecule has 27 heavy (non-hydrogen) atoms. The zero-order valence-electron chi connectivity index (χ0n) is 14.7. The van der Waals surface area contributed by atoms with Gasteiger partial charge in [-0.2, -0.15) is 8.78 Å². The average Bonchev–Trinajstić information content (AvgIpc) is 3.36. The summed E-state index contributed by atoms with van der Waals surface area (Å²) >= 11 is 0. The van der Waals surface area contributed by atoms with Crippen LogP contribution in [0.1, 0.15) is 40.6 Å². The number of aromatic nitrogens is 1. The van der Waals surface area contributed by atoms with Gasteiger partial charge in [0.05, 0.1) is 24.5 Å². The first-order valence-electron chi connectivity index (χ1n) is 8.59. The summed E-state index contributed by atoms with van der Waals surface area (Å²) in [5.41, 5.74) is 1.20. The summed E-state index contributed by atoms with van der Waals surface area (Å²) in [6.07, 6.45) is 2.62. The fourth-order valence-electron chi connectivity index (χ4n) is 2.57. The van der Waals surface area contributed by atoms with E-state index < -0.39 is 12.6 Å². The molecule has 1 aromatic carbocycles. The molecule has 0 spiro atoms. The van der Waals surface area contributed by atoms with Gasteiger partial charge < -0.3 is 19.2 Å². The number of hydrogen-bond acceptors (Lipinski definition) is 5. The van der Waals surface area contributed by atoms with Crippen LogP contribution in [-0.2, 0) is 4.74 Å². The molecule has 0 amide bonds. The minimum absolute atomic E-state index is 0.0674. The van der Waals surface area contributed by atoms with E-state index in [9.17, 15) is 18.4 Å². The van der Waals surface area contributed by atoms with E-state index in [-0.39, 0.29) is 29.4 Å². The van der Waals surface area contributed by atoms with Crippen molar-refractivity contribution < 1.29 is 32.6 Å². The Morgan fingerprint density at radius 1 is 1.30 bits per heavy atom. The Morgan fingerprint density at radius 3 is 2.70 bits per heavy atom. The zero-order chi connectivity index (χ0) is 19.4. The third kappa shape index (κ3) is 4.64. The molecule has 0 aliphatic heterocycles. The topological polar surface area (TPSA) is 77.6 Å². The number of aldehydes is 1. The second kappa shape index (κ2) is 8.20. The predicted octanol–water partition coefficient (Wildman–Crippen LogP) is 4.06. The molecule has 1 saturated carbocycles. The lowest BCUT2D eigenvalue weighted by molar-refractivity contribution is -0.0515. The molecule has 1 fully saturated rings. The molecule has 0 saturated heterocycles. The maximum atomic E-state index is 12.6. The molecule has 2 aromatic rings. The summed E-state index contributed by atoms with van der Waals surface area (Å²) in [7, 11) is 0. The molecule has 1 aliphatic rings. The lowest BCUT2D eigenvalue weighted by Crippen LogP contribution is -2.06. The third-order valence-electron chi connectivity index (χ3n) is 4.10. The Labute approximate surface area is 154 Å². The van der Waals surface area contributed by atoms with E-state index in [0.29, 0.717) is 30.1 Å². The van der Waals surface area contributed by atoms with Crippen LogP contribution in [0.2, 0.25) is 0 Å². The van der Waals surface area contributed by atoms with Gasteiger partial charge in [-0.25, -0.2) is 4.79 Å². The second-order valence-corrected chi connectivity index (χ2v) is 6.14. The molecular formula is C19H19F2NO5. The zero-order valence-corrected chi connectivity index (χ0v) is 14.7. The maximum absolute atomic E-state index is 12.6. The summed E-state index contributed by atoms with van der Waals surface area (Å²) in [4.78, 5) is 26.0. The third-order valence-corrected chi connectivity index (χ3v) is 4.10. The average molecular weight is 379 g/mol. The fraction of sp³-hybridized carbons (Fsp3) is 0.368. The number of H-pyrrole nitrogens is 1. The number of rotatable bonds is 9. The normalized spacial score (nSPS) is 13.5. The van der Waals surface area contributed by atoms with E-state index in [4.69, 9.17) is 9.47 Å². The quantitative estimate of drug-likeness (QED) is 0.525. The molecule has 1 N–H and O–H groups in total. The largest absolute Gasteiger partial charge is 0.489 e. The number of alkyl halides is 2. The molecule has 1 heterocycles. The molecule has 1 aliphatic carbocycles. The summed E-state index contributed by atoms with van der Waals surface area (Å²) in [5.74, 6) is -0.0811. The van der Waals surface area contributed by atoms with E-state index in [0.717, 1.165) is 12.8 Å². The highest BCUT2D eigenvalue weighted by molar-refractivity contribution is 5.99. The molecule has 0 atom stereocenters. The molecular weight excluding hydrogens is 360 g/mol. The minimum atomic E-state index is -2.97. The van der Waals surface area contributed by atoms with Gasteiger partial charge in [0.15, 0.2) is 17.8 Å². The predicted molar refractivity (Wildman–Crippen MR) is 92.4 cm³/mol. The van der Waals surface area contributed by atoms with Crippen molar-refractivity contribution in [1.82, 2.24) is 4.98 Å². The summed E-state index contributed by atoms with van der Waals surface area (Å²) in [6, 6.07) is 5.93. The summed E-state index contributed by atoms with van der Waals surface area (Å²) in [6.45, 7) is -0.712. The van der Waals surface area contributed by atoms with Crippen LogP contribution in [0.15, 0.2) is 24.3 Å². The Morgan fingerprint density at radius 2 is 2.07 bits per heavy atom. The van der Waals surface area contributed by atoms with Crippen LogP contribution in [0.3, 0.4) is 0 Å². The van der Waals surface area contributed by atoms with Crippen molar-refractivity contribution in [3.05, 3.63) is 35.5 Å². The first kappa shape index (κ1) is 18.9. The van der Waals surface area contributed by atoms with Crippen LogP contribution in [0.25, 0.3) is 11.3 Å². The monoisotopic (exact) mass is 379 g/mol. The first-order valence-corrected chi connectivity index (χ1v) is 8.59. The number of aromatic amines is 1. The highest BCUT2D eigenvalue weighted by Gasteiger charge is 2.23. The van der Waals surface area contributed by atoms with Crippen LogP contribution in [-0.4, -0.2) is 37.1 Å². The van der Waals surface area contributed by atoms with Crippen molar-refractivity contribution in [3.63, 3.8) is 0 Å². The maximum Gasteiger partial charge on any atom is 0.387 e. The molecule has 0 bridgehead atoms. The van der Waals surface area contributed by atoms with Crippen LogP contribution >= 0.6 is 0 Å². The Kier molecular flexibility index (Phi) is 5.73. The van der Waals surface area contributed by atoms with Gasteiger partial charge in [0.1, 0.15) is 0 Å². The minimum Gasteiger partial charge on any atom is -0.489 e. The van der Waals surface area contributed by atoms with Crippen LogP contribution in [0, 0.1) is 5.92 Å². The van der Waals surface area contributed by atoms with Crippen molar-refractivity contribution in [1.29, 1.82) is 0 Å². The van der Waals surface area contributed by atoms with Gasteiger partial charge in [-0.15, -0.1) is 0 Å². The van der Waals surface area contributed by atoms with Gasteiger partial charge in [-0.05, 0) is 49.9 Å². The number of halogens is 2. The number of nitrogens with one attached hydrogen (secondary N) is 1. The highest BCUT2D eigenvalue weighted by Crippen LogP contribution is 2.36. The van der Waals surface area contributed by atoms with Crippen LogP contribution in [0.4, 0.5) is 8.78 Å². The molecule has 6 nitrogen and oxygen atoms in total. The lowest BCUT2D eigenvalue weighted by Gasteiger charge is -2.13. The van der Waals surface area contributed by atoms with E-state index in [1.165, 1.54) is 24.3 Å². The van der Waals surface area contributed by atoms with Crippen LogP contribution < -0.4 is 9.47 Å². The standard InChI is InChI=1S/C19H19F2NO5/c1-2-25-18(24)13-8-14(22-15(13)9-23)12-5-6-16(27-19(20)21)17(7-12)26-10-11-3-4-11/h5-9,11,19,22H,2-4,10H2,1H3. The molecule has 8 heteroatoms. The highest BCUT2D eigenvalue weighted by atomic mass is 19.3. The SMILES string of the molecule is CCOC(=O)c1cc(-c2ccc(OC(F)F)c(OCC3CC3)c2)[nH]c1C=O. The van der Waals surface area contributed by atoms with Crippen molar-refractivity contribution in [2.75, 3.05) is 13.2 Å². The molecule has 144 valence electrons. The van der Waals surface area contributed by atoms with Crippen molar-refractivity contribution in [2.24, 2.45) is 5.92 Å². The Hall–Kier alpha value is -2.90. The van der Waals surface area contributed by atoms with E-state index >= 15 is 0 Å². The van der Waals surface area contributed by atoms with Crippen molar-refractivity contribution >= 4 is 12.3 Å². The number of carbonyl (C=O) groups is 2. The molecule has 1 aromatic heterocycles.